The van der Waals surface area contributed by atoms with Gasteiger partial charge in [0.25, 0.3) is 0 Å². The fourth-order valence-electron chi connectivity index (χ4n) is 2.57. The molecule has 0 spiro atoms. The first kappa shape index (κ1) is 12.4. The molecule has 1 unspecified atom stereocenters. The third-order valence-corrected chi connectivity index (χ3v) is 3.94. The van der Waals surface area contributed by atoms with Crippen molar-refractivity contribution in [3.8, 4) is 0 Å². The van der Waals surface area contributed by atoms with Crippen LogP contribution in [-0.2, 0) is 4.79 Å². The van der Waals surface area contributed by atoms with E-state index in [0.717, 1.165) is 52.1 Å². The number of hydrogen-bond donors (Lipinski definition) is 0. The molecule has 2 saturated heterocycles. The first-order chi connectivity index (χ1) is 8.15. The Balaban J connectivity index is 1.70. The molecule has 2 aliphatic heterocycles. The minimum Gasteiger partial charge on any atom is -0.291 e. The van der Waals surface area contributed by atoms with E-state index in [1.807, 2.05) is 0 Å². The highest BCUT2D eigenvalue weighted by atomic mass is 16.2. The topological polar surface area (TPSA) is 26.3 Å². The summed E-state index contributed by atoms with van der Waals surface area (Å²) >= 11 is 0. The molecule has 0 aromatic heterocycles. The summed E-state index contributed by atoms with van der Waals surface area (Å²) < 4.78 is 3.74. The van der Waals surface area contributed by atoms with Crippen LogP contribution in [0.25, 0.3) is 0 Å². The predicted octanol–water partition coefficient (Wildman–Crippen LogP) is 0.0549. The molecule has 0 aromatic rings. The Morgan fingerprint density at radius 3 is 2.59 bits per heavy atom. The fourth-order valence-corrected chi connectivity index (χ4v) is 2.57. The van der Waals surface area contributed by atoms with Gasteiger partial charge in [0.1, 0.15) is 13.4 Å². The molecular weight excluding hydrogens is 214 g/mol. The molecule has 4 nitrogen and oxygen atoms in total. The molecule has 0 aromatic carbocycles. The van der Waals surface area contributed by atoms with E-state index >= 15 is 0 Å². The quantitative estimate of drug-likeness (QED) is 0.649. The van der Waals surface area contributed by atoms with Gasteiger partial charge in [-0.1, -0.05) is 0 Å². The van der Waals surface area contributed by atoms with Gasteiger partial charge in [0.15, 0.2) is 19.6 Å². The molecule has 17 heavy (non-hydrogen) atoms. The lowest BCUT2D eigenvalue weighted by molar-refractivity contribution is -0.531. The van der Waals surface area contributed by atoms with Gasteiger partial charge in [-0.25, -0.2) is 9.37 Å². The summed E-state index contributed by atoms with van der Waals surface area (Å²) in [5, 5.41) is 0. The van der Waals surface area contributed by atoms with E-state index in [1.165, 1.54) is 0 Å². The smallest absolute Gasteiger partial charge is 0.291 e. The maximum Gasteiger partial charge on any atom is 0.386 e. The second-order valence-corrected chi connectivity index (χ2v) is 5.26. The Labute approximate surface area is 103 Å². The standard InChI is InChI=1S/C13H23N3O/c1-14-7-9-16(10-8-14)6-4-12-3-5-15(2)13(17)11-12/h12H,1-11H2/q+2. The van der Waals surface area contributed by atoms with Crippen molar-refractivity contribution >= 4 is 19.3 Å². The van der Waals surface area contributed by atoms with E-state index in [-0.39, 0.29) is 5.91 Å². The molecule has 4 heteroatoms. The zero-order valence-corrected chi connectivity index (χ0v) is 10.6. The van der Waals surface area contributed by atoms with E-state index in [4.69, 9.17) is 0 Å². The Kier molecular flexibility index (Phi) is 4.05. The average molecular weight is 237 g/mol. The molecule has 1 amide bonds. The molecule has 2 rings (SSSR count). The van der Waals surface area contributed by atoms with Crippen LogP contribution < -0.4 is 0 Å². The number of hydrogen-bond acceptors (Lipinski definition) is 2. The average Bonchev–Trinajstić information content (AvgIpc) is 2.33. The van der Waals surface area contributed by atoms with Crippen molar-refractivity contribution in [1.29, 1.82) is 0 Å². The van der Waals surface area contributed by atoms with E-state index in [0.29, 0.717) is 12.3 Å². The van der Waals surface area contributed by atoms with Crippen LogP contribution in [0.4, 0.5) is 0 Å². The lowest BCUT2D eigenvalue weighted by Gasteiger charge is -2.27. The third kappa shape index (κ3) is 3.46. The normalized spacial score (nSPS) is 27.5. The van der Waals surface area contributed by atoms with Gasteiger partial charge in [0.05, 0.1) is 19.5 Å². The Morgan fingerprint density at radius 2 is 1.94 bits per heavy atom. The summed E-state index contributed by atoms with van der Waals surface area (Å²) in [5.41, 5.74) is 0. The number of carbonyl (C=O) groups excluding carboxylic acids is 1. The number of amides is 1. The molecule has 0 aliphatic carbocycles. The molecular formula is C13H23N3O+2. The van der Waals surface area contributed by atoms with Crippen molar-refractivity contribution in [2.24, 2.45) is 5.92 Å². The fraction of sp³-hybridized carbons (Fsp3) is 0.769. The largest absolute Gasteiger partial charge is 0.386 e. The molecule has 0 radical (unpaired) electrons. The summed E-state index contributed by atoms with van der Waals surface area (Å²) in [6, 6.07) is 0. The van der Waals surface area contributed by atoms with Gasteiger partial charge in [-0.15, -0.1) is 0 Å². The van der Waals surface area contributed by atoms with E-state index in [1.54, 1.807) is 4.58 Å². The van der Waals surface area contributed by atoms with Gasteiger partial charge in [0, 0.05) is 6.42 Å². The highest BCUT2D eigenvalue weighted by Gasteiger charge is 2.28. The minimum atomic E-state index is 0.212. The Morgan fingerprint density at radius 1 is 1.24 bits per heavy atom. The Bertz CT molecular complexity index is 328. The van der Waals surface area contributed by atoms with Crippen molar-refractivity contribution in [3.05, 3.63) is 0 Å². The monoisotopic (exact) mass is 237 g/mol. The highest BCUT2D eigenvalue weighted by molar-refractivity contribution is 5.69. The predicted molar refractivity (Wildman–Crippen MR) is 68.2 cm³/mol. The van der Waals surface area contributed by atoms with Crippen LogP contribution >= 0.6 is 0 Å². The first-order valence-corrected chi connectivity index (χ1v) is 6.54. The molecule has 2 fully saturated rings. The molecule has 2 heterocycles. The van der Waals surface area contributed by atoms with Gasteiger partial charge < -0.3 is 0 Å². The van der Waals surface area contributed by atoms with Crippen molar-refractivity contribution in [2.45, 2.75) is 19.3 Å². The van der Waals surface area contributed by atoms with Crippen LogP contribution in [-0.4, -0.2) is 72.7 Å². The van der Waals surface area contributed by atoms with Crippen molar-refractivity contribution in [1.82, 2.24) is 4.90 Å². The number of piperidine rings is 1. The lowest BCUT2D eigenvalue weighted by Crippen LogP contribution is -2.42. The molecule has 1 atom stereocenters. The van der Waals surface area contributed by atoms with Gasteiger partial charge in [-0.05, 0) is 18.9 Å². The van der Waals surface area contributed by atoms with Crippen molar-refractivity contribution in [2.75, 3.05) is 39.3 Å². The summed E-state index contributed by atoms with van der Waals surface area (Å²) in [4.78, 5) is 14.0. The van der Waals surface area contributed by atoms with Crippen molar-refractivity contribution < 1.29 is 13.9 Å². The second-order valence-electron chi connectivity index (χ2n) is 5.26. The van der Waals surface area contributed by atoms with Crippen LogP contribution in [0.2, 0.25) is 0 Å². The van der Waals surface area contributed by atoms with E-state index < -0.39 is 0 Å². The van der Waals surface area contributed by atoms with Gasteiger partial charge >= 0.3 is 5.91 Å². The number of carbonyl (C=O) groups is 1. The second kappa shape index (κ2) is 5.54. The number of piperazine rings is 1. The minimum absolute atomic E-state index is 0.212. The van der Waals surface area contributed by atoms with Crippen LogP contribution in [0.15, 0.2) is 0 Å². The van der Waals surface area contributed by atoms with E-state index in [2.05, 4.69) is 22.9 Å². The lowest BCUT2D eigenvalue weighted by atomic mass is 9.93. The zero-order valence-electron chi connectivity index (χ0n) is 10.6. The highest BCUT2D eigenvalue weighted by Crippen LogP contribution is 2.19. The molecule has 0 N–H and O–H groups in total. The first-order valence-electron chi connectivity index (χ1n) is 6.54. The zero-order chi connectivity index (χ0) is 12.3. The van der Waals surface area contributed by atoms with Crippen molar-refractivity contribution in [3.63, 3.8) is 0 Å². The Hall–Kier alpha value is -1.03. The summed E-state index contributed by atoms with van der Waals surface area (Å²) in [6.07, 6.45) is 2.96. The van der Waals surface area contributed by atoms with Crippen LogP contribution in [0.1, 0.15) is 19.3 Å². The SMILES string of the molecule is C=[N+]1CCN(CCC2CC[N+](=C)C(=O)C2)CC1. The van der Waals surface area contributed by atoms with Gasteiger partial charge in [-0.3, -0.25) is 4.90 Å². The molecule has 0 bridgehead atoms. The van der Waals surface area contributed by atoms with Gasteiger partial charge in [-0.2, -0.15) is 4.58 Å². The number of nitrogens with zero attached hydrogens (tertiary/aromatic N) is 3. The maximum absolute atomic E-state index is 11.5. The van der Waals surface area contributed by atoms with E-state index in [9.17, 15) is 4.79 Å². The summed E-state index contributed by atoms with van der Waals surface area (Å²) in [5.74, 6) is 0.780. The molecule has 94 valence electrons. The summed E-state index contributed by atoms with van der Waals surface area (Å²) in [7, 11) is 0. The molecule has 0 saturated carbocycles. The van der Waals surface area contributed by atoms with Crippen LogP contribution in [0.3, 0.4) is 0 Å². The summed E-state index contributed by atoms with van der Waals surface area (Å²) in [6.45, 7) is 14.0. The van der Waals surface area contributed by atoms with Gasteiger partial charge in [0.2, 0.25) is 0 Å². The number of rotatable bonds is 3. The molecule has 2 aliphatic rings. The van der Waals surface area contributed by atoms with Crippen LogP contribution in [0.5, 0.6) is 0 Å². The maximum atomic E-state index is 11.5. The third-order valence-electron chi connectivity index (χ3n) is 3.94. The van der Waals surface area contributed by atoms with Crippen LogP contribution in [0, 0.1) is 5.92 Å².